The van der Waals surface area contributed by atoms with E-state index >= 15 is 0 Å². The highest BCUT2D eigenvalue weighted by Crippen LogP contribution is 2.29. The topological polar surface area (TPSA) is 87.3 Å². The molecule has 3 amide bonds. The number of carbonyl (C=O) groups excluding carboxylic acids is 3. The molecule has 136 valence electrons. The fraction of sp³-hybridized carbons (Fsp3) is 0.0625. The van der Waals surface area contributed by atoms with Crippen molar-refractivity contribution < 1.29 is 14.4 Å². The van der Waals surface area contributed by atoms with E-state index in [9.17, 15) is 14.4 Å². The van der Waals surface area contributed by atoms with Gasteiger partial charge in [-0.25, -0.2) is 0 Å². The van der Waals surface area contributed by atoms with Crippen LogP contribution in [0.2, 0.25) is 20.1 Å². The first-order valence-electron chi connectivity index (χ1n) is 7.06. The lowest BCUT2D eigenvalue weighted by atomic mass is 10.3. The van der Waals surface area contributed by atoms with Gasteiger partial charge in [0.2, 0.25) is 5.91 Å². The Labute approximate surface area is 168 Å². The minimum absolute atomic E-state index is 0.172. The zero-order valence-electron chi connectivity index (χ0n) is 12.9. The van der Waals surface area contributed by atoms with Crippen molar-refractivity contribution in [2.24, 2.45) is 0 Å². The first-order chi connectivity index (χ1) is 12.3. The first kappa shape index (κ1) is 20.3. The molecule has 2 rings (SSSR count). The molecule has 3 N–H and O–H groups in total. The van der Waals surface area contributed by atoms with Crippen LogP contribution in [0.5, 0.6) is 0 Å². The third-order valence-electron chi connectivity index (χ3n) is 3.02. The van der Waals surface area contributed by atoms with Crippen molar-refractivity contribution in [2.75, 3.05) is 17.2 Å². The molecule has 0 saturated heterocycles. The van der Waals surface area contributed by atoms with Gasteiger partial charge in [0.1, 0.15) is 0 Å². The maximum atomic E-state index is 11.9. The minimum atomic E-state index is -0.997. The molecule has 2 aromatic carbocycles. The molecule has 0 aliphatic heterocycles. The second-order valence-electron chi connectivity index (χ2n) is 4.92. The summed E-state index contributed by atoms with van der Waals surface area (Å²) in [6, 6.07) is 9.06. The molecule has 26 heavy (non-hydrogen) atoms. The summed E-state index contributed by atoms with van der Waals surface area (Å²) < 4.78 is 0. The molecule has 0 spiro atoms. The highest BCUT2D eigenvalue weighted by atomic mass is 35.5. The zero-order valence-corrected chi connectivity index (χ0v) is 15.9. The third-order valence-corrected chi connectivity index (χ3v) is 4.58. The molecule has 0 radical (unpaired) electrons. The fourth-order valence-electron chi connectivity index (χ4n) is 1.80. The van der Waals surface area contributed by atoms with Crippen LogP contribution in [0.3, 0.4) is 0 Å². The SMILES string of the molecule is O=C(CNC(=O)C(=O)Nc1ccc(Cl)c(Cl)c1)Nc1cccc(Cl)c1Cl. The fourth-order valence-corrected chi connectivity index (χ4v) is 2.44. The van der Waals surface area contributed by atoms with E-state index in [1.165, 1.54) is 18.2 Å². The molecular weight excluding hydrogens is 424 g/mol. The summed E-state index contributed by atoms with van der Waals surface area (Å²) in [4.78, 5) is 35.4. The van der Waals surface area contributed by atoms with Crippen LogP contribution >= 0.6 is 46.4 Å². The number of benzene rings is 2. The number of anilines is 2. The highest BCUT2D eigenvalue weighted by molar-refractivity contribution is 6.44. The van der Waals surface area contributed by atoms with E-state index in [-0.39, 0.29) is 20.8 Å². The van der Waals surface area contributed by atoms with Crippen LogP contribution < -0.4 is 16.0 Å². The standard InChI is InChI=1S/C16H11Cl4N3O3/c17-9-5-4-8(6-11(9)19)22-16(26)15(25)21-7-13(24)23-12-3-1-2-10(18)14(12)20/h1-6H,7H2,(H,21,25)(H,22,26)(H,23,24). The van der Waals surface area contributed by atoms with Crippen LogP contribution in [0.4, 0.5) is 11.4 Å². The largest absolute Gasteiger partial charge is 0.339 e. The van der Waals surface area contributed by atoms with E-state index in [2.05, 4.69) is 16.0 Å². The van der Waals surface area contributed by atoms with Gasteiger partial charge in [-0.15, -0.1) is 0 Å². The average molecular weight is 435 g/mol. The number of nitrogens with one attached hydrogen (secondary N) is 3. The van der Waals surface area contributed by atoms with Crippen LogP contribution in [0.25, 0.3) is 0 Å². The molecule has 0 bridgehead atoms. The lowest BCUT2D eigenvalue weighted by Crippen LogP contribution is -2.39. The number of carbonyl (C=O) groups is 3. The zero-order chi connectivity index (χ0) is 19.3. The van der Waals surface area contributed by atoms with Crippen LogP contribution in [-0.4, -0.2) is 24.3 Å². The van der Waals surface area contributed by atoms with Crippen LogP contribution in [0.15, 0.2) is 36.4 Å². The van der Waals surface area contributed by atoms with Gasteiger partial charge in [-0.1, -0.05) is 52.5 Å². The average Bonchev–Trinajstić information content (AvgIpc) is 2.60. The molecule has 0 aliphatic carbocycles. The highest BCUT2D eigenvalue weighted by Gasteiger charge is 2.16. The van der Waals surface area contributed by atoms with E-state index in [1.807, 2.05) is 0 Å². The maximum absolute atomic E-state index is 11.9. The number of hydrogen-bond acceptors (Lipinski definition) is 3. The summed E-state index contributed by atoms with van der Waals surface area (Å²) in [5.41, 5.74) is 0.577. The van der Waals surface area contributed by atoms with Gasteiger partial charge >= 0.3 is 11.8 Å². The van der Waals surface area contributed by atoms with Gasteiger partial charge in [0, 0.05) is 5.69 Å². The van der Waals surface area contributed by atoms with Gasteiger partial charge < -0.3 is 16.0 Å². The van der Waals surface area contributed by atoms with Crippen LogP contribution in [-0.2, 0) is 14.4 Å². The molecule has 0 unspecified atom stereocenters. The van der Waals surface area contributed by atoms with Crippen molar-refractivity contribution in [1.29, 1.82) is 0 Å². The summed E-state index contributed by atoms with van der Waals surface area (Å²) in [6.07, 6.45) is 0. The van der Waals surface area contributed by atoms with E-state index < -0.39 is 24.3 Å². The van der Waals surface area contributed by atoms with Gasteiger partial charge in [-0.2, -0.15) is 0 Å². The lowest BCUT2D eigenvalue weighted by Gasteiger charge is -2.09. The quantitative estimate of drug-likeness (QED) is 0.635. The van der Waals surface area contributed by atoms with Crippen molar-refractivity contribution >= 4 is 75.5 Å². The van der Waals surface area contributed by atoms with E-state index in [4.69, 9.17) is 46.4 Å². The second-order valence-corrected chi connectivity index (χ2v) is 6.51. The summed E-state index contributed by atoms with van der Waals surface area (Å²) in [6.45, 7) is -0.434. The molecule has 0 heterocycles. The van der Waals surface area contributed by atoms with Gasteiger partial charge in [-0.05, 0) is 30.3 Å². The van der Waals surface area contributed by atoms with Gasteiger partial charge in [-0.3, -0.25) is 14.4 Å². The predicted molar refractivity (Wildman–Crippen MR) is 103 cm³/mol. The summed E-state index contributed by atoms with van der Waals surface area (Å²) >= 11 is 23.4. The summed E-state index contributed by atoms with van der Waals surface area (Å²) in [5.74, 6) is -2.54. The first-order valence-corrected chi connectivity index (χ1v) is 8.57. The molecule has 0 atom stereocenters. The Morgan fingerprint density at radius 2 is 1.54 bits per heavy atom. The molecule has 0 saturated carbocycles. The Kier molecular flexibility index (Phi) is 7.11. The Morgan fingerprint density at radius 3 is 2.23 bits per heavy atom. The third kappa shape index (κ3) is 5.51. The van der Waals surface area contributed by atoms with Gasteiger partial charge in [0.25, 0.3) is 0 Å². The van der Waals surface area contributed by atoms with Gasteiger partial charge in [0.15, 0.2) is 0 Å². The monoisotopic (exact) mass is 433 g/mol. The predicted octanol–water partition coefficient (Wildman–Crippen LogP) is 3.99. The Hall–Kier alpha value is -1.99. The van der Waals surface area contributed by atoms with Crippen molar-refractivity contribution in [1.82, 2.24) is 5.32 Å². The number of halogens is 4. The van der Waals surface area contributed by atoms with E-state index in [0.29, 0.717) is 10.7 Å². The number of hydrogen-bond donors (Lipinski definition) is 3. The molecule has 6 nitrogen and oxygen atoms in total. The smallest absolute Gasteiger partial charge is 0.313 e. The number of rotatable bonds is 4. The molecule has 0 fully saturated rings. The Morgan fingerprint density at radius 1 is 0.808 bits per heavy atom. The Bertz CT molecular complexity index is 874. The number of amides is 3. The molecular formula is C16H11Cl4N3O3. The van der Waals surface area contributed by atoms with E-state index in [1.54, 1.807) is 18.2 Å². The normalized spacial score (nSPS) is 10.2. The molecule has 0 aromatic heterocycles. The lowest BCUT2D eigenvalue weighted by molar-refractivity contribution is -0.136. The molecule has 2 aromatic rings. The van der Waals surface area contributed by atoms with Crippen molar-refractivity contribution in [2.45, 2.75) is 0 Å². The van der Waals surface area contributed by atoms with Crippen molar-refractivity contribution in [3.8, 4) is 0 Å². The van der Waals surface area contributed by atoms with Crippen molar-refractivity contribution in [3.05, 3.63) is 56.5 Å². The Balaban J connectivity index is 1.87. The minimum Gasteiger partial charge on any atom is -0.339 e. The van der Waals surface area contributed by atoms with Crippen LogP contribution in [0.1, 0.15) is 0 Å². The van der Waals surface area contributed by atoms with Crippen LogP contribution in [0, 0.1) is 0 Å². The summed E-state index contributed by atoms with van der Waals surface area (Å²) in [5, 5.41) is 7.98. The second kappa shape index (κ2) is 9.09. The molecule has 10 heteroatoms. The van der Waals surface area contributed by atoms with Gasteiger partial charge in [0.05, 0.1) is 32.3 Å². The molecule has 0 aliphatic rings. The van der Waals surface area contributed by atoms with E-state index in [0.717, 1.165) is 0 Å². The summed E-state index contributed by atoms with van der Waals surface area (Å²) in [7, 11) is 0. The maximum Gasteiger partial charge on any atom is 0.313 e. The van der Waals surface area contributed by atoms with Crippen molar-refractivity contribution in [3.63, 3.8) is 0 Å².